The smallest absolute Gasteiger partial charge is 0.316 e. The Labute approximate surface area is 159 Å². The Morgan fingerprint density at radius 2 is 1.85 bits per heavy atom. The standard InChI is InChI=1S/C18H26N4O4S/c19-18(24)20-15-8-3-5-13(11-15)17(23)22-10-4-9-16(12-22)27(25,26)21-14-6-1-2-7-14/h3,5,8,11,14,16,21H,1-2,4,6-7,9-10,12H2,(H3,19,20,24). The number of sulfonamides is 1. The van der Waals surface area contributed by atoms with Gasteiger partial charge in [-0.2, -0.15) is 0 Å². The lowest BCUT2D eigenvalue weighted by Gasteiger charge is -2.33. The van der Waals surface area contributed by atoms with Gasteiger partial charge < -0.3 is 16.0 Å². The van der Waals surface area contributed by atoms with Gasteiger partial charge in [0.1, 0.15) is 0 Å². The maximum Gasteiger partial charge on any atom is 0.316 e. The van der Waals surface area contributed by atoms with Gasteiger partial charge in [0.2, 0.25) is 10.0 Å². The summed E-state index contributed by atoms with van der Waals surface area (Å²) < 4.78 is 28.3. The van der Waals surface area contributed by atoms with Crippen LogP contribution < -0.4 is 15.8 Å². The van der Waals surface area contributed by atoms with Gasteiger partial charge in [0.15, 0.2) is 0 Å². The molecule has 1 atom stereocenters. The number of urea groups is 1. The number of primary amides is 1. The fourth-order valence-corrected chi connectivity index (χ4v) is 5.55. The van der Waals surface area contributed by atoms with Crippen molar-refractivity contribution in [3.63, 3.8) is 0 Å². The van der Waals surface area contributed by atoms with Gasteiger partial charge in [-0.15, -0.1) is 0 Å². The van der Waals surface area contributed by atoms with Crippen molar-refractivity contribution in [1.82, 2.24) is 9.62 Å². The van der Waals surface area contributed by atoms with E-state index in [1.807, 2.05) is 0 Å². The molecule has 0 bridgehead atoms. The third-order valence-electron chi connectivity index (χ3n) is 5.17. The Kier molecular flexibility index (Phi) is 6.01. The normalized spacial score (nSPS) is 21.2. The molecular formula is C18H26N4O4S. The topological polar surface area (TPSA) is 122 Å². The number of anilines is 1. The molecule has 1 aliphatic carbocycles. The Morgan fingerprint density at radius 1 is 1.11 bits per heavy atom. The van der Waals surface area contributed by atoms with Crippen LogP contribution in [0, 0.1) is 0 Å². The van der Waals surface area contributed by atoms with Gasteiger partial charge in [-0.3, -0.25) is 4.79 Å². The predicted octanol–water partition coefficient (Wildman–Crippen LogP) is 1.64. The number of carbonyl (C=O) groups excluding carboxylic acids is 2. The van der Waals surface area contributed by atoms with Gasteiger partial charge in [0.05, 0.1) is 5.25 Å². The third-order valence-corrected chi connectivity index (χ3v) is 7.09. The molecule has 27 heavy (non-hydrogen) atoms. The first-order chi connectivity index (χ1) is 12.8. The predicted molar refractivity (Wildman–Crippen MR) is 103 cm³/mol. The van der Waals surface area contributed by atoms with E-state index in [1.165, 1.54) is 0 Å². The van der Waals surface area contributed by atoms with Crippen molar-refractivity contribution >= 4 is 27.6 Å². The highest BCUT2D eigenvalue weighted by molar-refractivity contribution is 7.90. The Hall–Kier alpha value is -2.13. The summed E-state index contributed by atoms with van der Waals surface area (Å²) in [5, 5.41) is 1.84. The van der Waals surface area contributed by atoms with Gasteiger partial charge in [-0.1, -0.05) is 18.9 Å². The van der Waals surface area contributed by atoms with Gasteiger partial charge in [0, 0.05) is 30.4 Å². The van der Waals surface area contributed by atoms with Crippen LogP contribution in [0.5, 0.6) is 0 Å². The summed E-state index contributed by atoms with van der Waals surface area (Å²) in [7, 11) is -3.46. The number of piperidine rings is 1. The quantitative estimate of drug-likeness (QED) is 0.703. The minimum Gasteiger partial charge on any atom is -0.351 e. The molecule has 0 spiro atoms. The number of benzene rings is 1. The molecule has 3 rings (SSSR count). The number of carbonyl (C=O) groups is 2. The van der Waals surface area contributed by atoms with Crippen LogP contribution >= 0.6 is 0 Å². The second kappa shape index (κ2) is 8.26. The molecule has 1 saturated heterocycles. The summed E-state index contributed by atoms with van der Waals surface area (Å²) in [6.45, 7) is 0.691. The van der Waals surface area contributed by atoms with Crippen molar-refractivity contribution in [1.29, 1.82) is 0 Å². The number of nitrogens with one attached hydrogen (secondary N) is 2. The van der Waals surface area contributed by atoms with E-state index in [1.54, 1.807) is 29.2 Å². The monoisotopic (exact) mass is 394 g/mol. The molecule has 1 aliphatic heterocycles. The number of hydrogen-bond acceptors (Lipinski definition) is 4. The van der Waals surface area contributed by atoms with E-state index < -0.39 is 21.3 Å². The summed E-state index contributed by atoms with van der Waals surface area (Å²) in [5.41, 5.74) is 5.93. The van der Waals surface area contributed by atoms with Crippen molar-refractivity contribution in [2.45, 2.75) is 49.8 Å². The molecule has 8 nitrogen and oxygen atoms in total. The molecule has 4 N–H and O–H groups in total. The number of nitrogens with zero attached hydrogens (tertiary/aromatic N) is 1. The van der Waals surface area contributed by atoms with Crippen LogP contribution in [0.3, 0.4) is 0 Å². The van der Waals surface area contributed by atoms with Gasteiger partial charge in [-0.25, -0.2) is 17.9 Å². The van der Waals surface area contributed by atoms with Crippen molar-refractivity contribution in [3.05, 3.63) is 29.8 Å². The summed E-state index contributed by atoms with van der Waals surface area (Å²) in [6, 6.07) is 5.79. The van der Waals surface area contributed by atoms with E-state index in [0.29, 0.717) is 30.6 Å². The first-order valence-electron chi connectivity index (χ1n) is 9.32. The highest BCUT2D eigenvalue weighted by Gasteiger charge is 2.34. The van der Waals surface area contributed by atoms with Gasteiger partial charge in [-0.05, 0) is 43.9 Å². The Balaban J connectivity index is 1.68. The molecule has 2 fully saturated rings. The molecular weight excluding hydrogens is 368 g/mol. The van der Waals surface area contributed by atoms with Gasteiger partial charge >= 0.3 is 6.03 Å². The van der Waals surface area contributed by atoms with E-state index in [4.69, 9.17) is 5.73 Å². The fourth-order valence-electron chi connectivity index (χ4n) is 3.80. The van der Waals surface area contributed by atoms with Crippen LogP contribution in [-0.2, 0) is 10.0 Å². The number of likely N-dealkylation sites (tertiary alicyclic amines) is 1. The van der Waals surface area contributed by atoms with Crippen LogP contribution in [0.1, 0.15) is 48.9 Å². The van der Waals surface area contributed by atoms with Crippen LogP contribution in [0.25, 0.3) is 0 Å². The molecule has 1 heterocycles. The van der Waals surface area contributed by atoms with Crippen molar-refractivity contribution < 1.29 is 18.0 Å². The highest BCUT2D eigenvalue weighted by Crippen LogP contribution is 2.23. The average molecular weight is 394 g/mol. The minimum atomic E-state index is -3.46. The summed E-state index contributed by atoms with van der Waals surface area (Å²) >= 11 is 0. The van der Waals surface area contributed by atoms with Crippen LogP contribution in [-0.4, -0.2) is 49.6 Å². The lowest BCUT2D eigenvalue weighted by molar-refractivity contribution is 0.0726. The van der Waals surface area contributed by atoms with E-state index in [-0.39, 0.29) is 18.5 Å². The van der Waals surface area contributed by atoms with E-state index in [0.717, 1.165) is 25.7 Å². The van der Waals surface area contributed by atoms with E-state index in [9.17, 15) is 18.0 Å². The average Bonchev–Trinajstić information content (AvgIpc) is 3.13. The molecule has 1 unspecified atom stereocenters. The summed E-state index contributed by atoms with van der Waals surface area (Å²) in [6.07, 6.45) is 5.06. The molecule has 1 saturated carbocycles. The first-order valence-corrected chi connectivity index (χ1v) is 10.9. The van der Waals surface area contributed by atoms with Crippen molar-refractivity contribution in [2.24, 2.45) is 5.73 Å². The molecule has 148 valence electrons. The summed E-state index contributed by atoms with van der Waals surface area (Å²) in [4.78, 5) is 25.4. The highest BCUT2D eigenvalue weighted by atomic mass is 32.2. The zero-order valence-corrected chi connectivity index (χ0v) is 16.0. The zero-order valence-electron chi connectivity index (χ0n) is 15.2. The molecule has 1 aromatic carbocycles. The summed E-state index contributed by atoms with van der Waals surface area (Å²) in [5.74, 6) is -0.246. The largest absolute Gasteiger partial charge is 0.351 e. The van der Waals surface area contributed by atoms with E-state index in [2.05, 4.69) is 10.0 Å². The molecule has 0 radical (unpaired) electrons. The first kappa shape index (κ1) is 19.6. The third kappa shape index (κ3) is 4.98. The number of nitrogens with two attached hydrogens (primary N) is 1. The van der Waals surface area contributed by atoms with Crippen LogP contribution in [0.4, 0.5) is 10.5 Å². The number of hydrogen-bond donors (Lipinski definition) is 3. The fraction of sp³-hybridized carbons (Fsp3) is 0.556. The van der Waals surface area contributed by atoms with Crippen LogP contribution in [0.15, 0.2) is 24.3 Å². The SMILES string of the molecule is NC(=O)Nc1cccc(C(=O)N2CCCC(S(=O)(=O)NC3CCCC3)C2)c1. The second-order valence-electron chi connectivity index (χ2n) is 7.23. The van der Waals surface area contributed by atoms with Crippen molar-refractivity contribution in [2.75, 3.05) is 18.4 Å². The molecule has 2 aliphatic rings. The molecule has 3 amide bonds. The second-order valence-corrected chi connectivity index (χ2v) is 9.22. The van der Waals surface area contributed by atoms with Crippen molar-refractivity contribution in [3.8, 4) is 0 Å². The maximum absolute atomic E-state index is 12.8. The number of amides is 3. The molecule has 0 aromatic heterocycles. The lowest BCUT2D eigenvalue weighted by atomic mass is 10.1. The zero-order chi connectivity index (χ0) is 19.4. The minimum absolute atomic E-state index is 0.0256. The van der Waals surface area contributed by atoms with Crippen LogP contribution in [0.2, 0.25) is 0 Å². The van der Waals surface area contributed by atoms with Gasteiger partial charge in [0.25, 0.3) is 5.91 Å². The maximum atomic E-state index is 12.8. The molecule has 9 heteroatoms. The Morgan fingerprint density at radius 3 is 2.56 bits per heavy atom. The Bertz CT molecular complexity index is 805. The number of rotatable bonds is 5. The van der Waals surface area contributed by atoms with E-state index >= 15 is 0 Å². The molecule has 1 aromatic rings. The lowest BCUT2D eigenvalue weighted by Crippen LogP contribution is -2.49.